The standard InChI is InChI=1S/C15H9Cl3F4N2O2/c1-24-12(15(20,21)22)6-10(25)14(23-24)7-4-11(8(16)5-9(7)19)26-3-2-13(17)18/h2,4-6H,3H2,1H3. The maximum Gasteiger partial charge on any atom is 0.433 e. The molecule has 0 bridgehead atoms. The zero-order valence-electron chi connectivity index (χ0n) is 12.9. The van der Waals surface area contributed by atoms with Gasteiger partial charge in [-0.2, -0.15) is 18.3 Å². The summed E-state index contributed by atoms with van der Waals surface area (Å²) in [5.74, 6) is -0.977. The first-order valence-electron chi connectivity index (χ1n) is 6.79. The van der Waals surface area contributed by atoms with E-state index in [9.17, 15) is 22.4 Å². The molecule has 0 radical (unpaired) electrons. The van der Waals surface area contributed by atoms with E-state index < -0.39 is 28.8 Å². The van der Waals surface area contributed by atoms with Gasteiger partial charge in [-0.15, -0.1) is 0 Å². The molecule has 0 saturated heterocycles. The SMILES string of the molecule is Cn1nc(-c2cc(OCC=C(Cl)Cl)c(Cl)cc2F)c(=O)cc1C(F)(F)F. The minimum absolute atomic E-state index is 0.0300. The molecular formula is C15H9Cl3F4N2O2. The van der Waals surface area contributed by atoms with E-state index in [1.165, 1.54) is 6.08 Å². The highest BCUT2D eigenvalue weighted by Gasteiger charge is 2.34. The Morgan fingerprint density at radius 2 is 1.96 bits per heavy atom. The molecule has 2 rings (SSSR count). The average molecular weight is 432 g/mol. The third-order valence-corrected chi connectivity index (χ3v) is 3.75. The van der Waals surface area contributed by atoms with Gasteiger partial charge in [0.15, 0.2) is 0 Å². The van der Waals surface area contributed by atoms with Gasteiger partial charge in [-0.3, -0.25) is 9.48 Å². The predicted octanol–water partition coefficient (Wildman–Crippen LogP) is 4.96. The number of hydrogen-bond donors (Lipinski definition) is 0. The fraction of sp³-hybridized carbons (Fsp3) is 0.200. The van der Waals surface area contributed by atoms with E-state index in [0.717, 1.165) is 19.2 Å². The zero-order valence-corrected chi connectivity index (χ0v) is 15.1. The molecule has 11 heteroatoms. The molecule has 0 fully saturated rings. The molecule has 0 atom stereocenters. The van der Waals surface area contributed by atoms with Crippen molar-refractivity contribution in [1.29, 1.82) is 0 Å². The average Bonchev–Trinajstić information content (AvgIpc) is 2.50. The lowest BCUT2D eigenvalue weighted by molar-refractivity contribution is -0.144. The summed E-state index contributed by atoms with van der Waals surface area (Å²) in [5.41, 5.74) is -3.25. The molecule has 0 aliphatic heterocycles. The second-order valence-electron chi connectivity index (χ2n) is 4.93. The Morgan fingerprint density at radius 3 is 2.54 bits per heavy atom. The van der Waals surface area contributed by atoms with Crippen LogP contribution in [0.2, 0.25) is 5.02 Å². The Bertz CT molecular complexity index is 922. The van der Waals surface area contributed by atoms with Gasteiger partial charge in [0.25, 0.3) is 0 Å². The molecule has 1 aromatic carbocycles. The van der Waals surface area contributed by atoms with Crippen molar-refractivity contribution < 1.29 is 22.3 Å². The van der Waals surface area contributed by atoms with Gasteiger partial charge in [-0.25, -0.2) is 4.39 Å². The first-order chi connectivity index (χ1) is 12.0. The second kappa shape index (κ2) is 7.85. The molecule has 0 N–H and O–H groups in total. The Balaban J connectivity index is 2.53. The molecule has 2 aromatic rings. The van der Waals surface area contributed by atoms with Crippen LogP contribution in [0.1, 0.15) is 5.69 Å². The topological polar surface area (TPSA) is 44.1 Å². The van der Waals surface area contributed by atoms with Gasteiger partial charge < -0.3 is 4.74 Å². The van der Waals surface area contributed by atoms with Crippen LogP contribution in [0.15, 0.2) is 33.6 Å². The van der Waals surface area contributed by atoms with E-state index >= 15 is 0 Å². The molecule has 1 aromatic heterocycles. The van der Waals surface area contributed by atoms with Gasteiger partial charge in [-0.1, -0.05) is 34.8 Å². The van der Waals surface area contributed by atoms with Crippen molar-refractivity contribution >= 4 is 34.8 Å². The van der Waals surface area contributed by atoms with Gasteiger partial charge in [0.1, 0.15) is 34.1 Å². The minimum Gasteiger partial charge on any atom is -0.488 e. The van der Waals surface area contributed by atoms with Crippen molar-refractivity contribution in [2.24, 2.45) is 7.05 Å². The van der Waals surface area contributed by atoms with Crippen molar-refractivity contribution in [1.82, 2.24) is 9.78 Å². The van der Waals surface area contributed by atoms with Crippen LogP contribution in [-0.2, 0) is 13.2 Å². The van der Waals surface area contributed by atoms with Crippen LogP contribution in [0.25, 0.3) is 11.3 Å². The Kier molecular flexibility index (Phi) is 6.21. The number of ether oxygens (including phenoxy) is 1. The third kappa shape index (κ3) is 4.69. The van der Waals surface area contributed by atoms with Crippen LogP contribution in [0.5, 0.6) is 5.75 Å². The highest BCUT2D eigenvalue weighted by atomic mass is 35.5. The summed E-state index contributed by atoms with van der Waals surface area (Å²) < 4.78 is 58.3. The fourth-order valence-corrected chi connectivity index (χ4v) is 2.34. The van der Waals surface area contributed by atoms with Gasteiger partial charge in [0.05, 0.1) is 5.02 Å². The molecule has 4 nitrogen and oxygen atoms in total. The maximum atomic E-state index is 14.2. The number of nitrogens with zero attached hydrogens (tertiary/aromatic N) is 2. The summed E-state index contributed by atoms with van der Waals surface area (Å²) in [7, 11) is 0.990. The normalized spacial score (nSPS) is 11.4. The number of benzene rings is 1. The lowest BCUT2D eigenvalue weighted by Gasteiger charge is -2.13. The number of rotatable bonds is 4. The van der Waals surface area contributed by atoms with E-state index in [0.29, 0.717) is 10.7 Å². The molecule has 0 aliphatic carbocycles. The molecule has 140 valence electrons. The number of hydrogen-bond acceptors (Lipinski definition) is 3. The van der Waals surface area contributed by atoms with Crippen molar-refractivity contribution in [3.05, 3.63) is 55.5 Å². The minimum atomic E-state index is -4.78. The summed E-state index contributed by atoms with van der Waals surface area (Å²) in [6, 6.07) is 2.26. The van der Waals surface area contributed by atoms with Gasteiger partial charge in [-0.05, 0) is 18.2 Å². The molecule has 0 unspecified atom stereocenters. The van der Waals surface area contributed by atoms with E-state index in [1.807, 2.05) is 0 Å². The van der Waals surface area contributed by atoms with Crippen LogP contribution in [-0.4, -0.2) is 16.4 Å². The Labute approximate surface area is 159 Å². The van der Waals surface area contributed by atoms with Crippen LogP contribution in [0, 0.1) is 5.82 Å². The Morgan fingerprint density at radius 1 is 1.31 bits per heavy atom. The van der Waals surface area contributed by atoms with Gasteiger partial charge >= 0.3 is 6.18 Å². The quantitative estimate of drug-likeness (QED) is 0.643. The number of alkyl halides is 3. The molecule has 0 spiro atoms. The van der Waals surface area contributed by atoms with Crippen molar-refractivity contribution in [2.45, 2.75) is 6.18 Å². The van der Waals surface area contributed by atoms with Gasteiger partial charge in [0.2, 0.25) is 5.43 Å². The first kappa shape index (κ1) is 20.5. The van der Waals surface area contributed by atoms with Crippen LogP contribution in [0.4, 0.5) is 17.6 Å². The van der Waals surface area contributed by atoms with Crippen molar-refractivity contribution in [3.8, 4) is 17.0 Å². The predicted molar refractivity (Wildman–Crippen MR) is 90.2 cm³/mol. The molecule has 26 heavy (non-hydrogen) atoms. The smallest absolute Gasteiger partial charge is 0.433 e. The number of halogens is 7. The van der Waals surface area contributed by atoms with E-state index in [4.69, 9.17) is 39.5 Å². The molecule has 1 heterocycles. The summed E-state index contributed by atoms with van der Waals surface area (Å²) in [4.78, 5) is 12.0. The van der Waals surface area contributed by atoms with Crippen molar-refractivity contribution in [3.63, 3.8) is 0 Å². The van der Waals surface area contributed by atoms with E-state index in [2.05, 4.69) is 5.10 Å². The number of aromatic nitrogens is 2. The second-order valence-corrected chi connectivity index (χ2v) is 6.35. The monoisotopic (exact) mass is 430 g/mol. The van der Waals surface area contributed by atoms with Crippen LogP contribution >= 0.6 is 34.8 Å². The van der Waals surface area contributed by atoms with Crippen LogP contribution < -0.4 is 10.2 Å². The summed E-state index contributed by atoms with van der Waals surface area (Å²) in [6.45, 7) is -0.106. The van der Waals surface area contributed by atoms with Crippen molar-refractivity contribution in [2.75, 3.05) is 6.61 Å². The third-order valence-electron chi connectivity index (χ3n) is 3.14. The molecule has 0 amide bonds. The highest BCUT2D eigenvalue weighted by Crippen LogP contribution is 2.33. The summed E-state index contributed by atoms with van der Waals surface area (Å²) >= 11 is 16.7. The maximum absolute atomic E-state index is 14.2. The first-order valence-corrected chi connectivity index (χ1v) is 7.93. The lowest BCUT2D eigenvalue weighted by Crippen LogP contribution is -2.22. The van der Waals surface area contributed by atoms with E-state index in [-0.39, 0.29) is 27.4 Å². The molecule has 0 saturated carbocycles. The Hall–Kier alpha value is -1.77. The highest BCUT2D eigenvalue weighted by molar-refractivity contribution is 6.55. The molecule has 0 aliphatic rings. The summed E-state index contributed by atoms with van der Waals surface area (Å²) in [5, 5.41) is 3.42. The number of aryl methyl sites for hydroxylation is 1. The largest absolute Gasteiger partial charge is 0.488 e. The zero-order chi connectivity index (χ0) is 19.6. The molecular weight excluding hydrogens is 423 g/mol. The lowest BCUT2D eigenvalue weighted by atomic mass is 10.1. The van der Waals surface area contributed by atoms with Crippen LogP contribution in [0.3, 0.4) is 0 Å². The summed E-state index contributed by atoms with van der Waals surface area (Å²) in [6.07, 6.45) is -3.49. The van der Waals surface area contributed by atoms with Gasteiger partial charge in [0, 0.05) is 18.7 Å². The van der Waals surface area contributed by atoms with E-state index in [1.54, 1.807) is 0 Å². The fourth-order valence-electron chi connectivity index (χ4n) is 2.01.